The first-order valence-electron chi connectivity index (χ1n) is 5.67. The van der Waals surface area contributed by atoms with Gasteiger partial charge in [0.05, 0.1) is 11.3 Å². The van der Waals surface area contributed by atoms with Crippen LogP contribution in [0.3, 0.4) is 0 Å². The maximum absolute atomic E-state index is 10.9. The molecule has 0 fully saturated rings. The molecule has 0 aromatic heterocycles. The summed E-state index contributed by atoms with van der Waals surface area (Å²) >= 11 is 9.40. The lowest BCUT2D eigenvalue weighted by atomic mass is 10.2. The fourth-order valence-electron chi connectivity index (χ4n) is 1.59. The summed E-state index contributed by atoms with van der Waals surface area (Å²) in [7, 11) is 0. The predicted molar refractivity (Wildman–Crippen MR) is 81.3 cm³/mol. The van der Waals surface area contributed by atoms with Gasteiger partial charge < -0.3 is 15.6 Å². The highest BCUT2D eigenvalue weighted by atomic mass is 79.9. The number of ether oxygens (including phenoxy) is 1. The summed E-state index contributed by atoms with van der Waals surface area (Å²) in [6.07, 6.45) is 0. The van der Waals surface area contributed by atoms with Gasteiger partial charge in [0.15, 0.2) is 0 Å². The average Bonchev–Trinajstić information content (AvgIpc) is 2.39. The van der Waals surface area contributed by atoms with Crippen molar-refractivity contribution in [1.29, 1.82) is 0 Å². The zero-order valence-corrected chi connectivity index (χ0v) is 12.6. The summed E-state index contributed by atoms with van der Waals surface area (Å²) in [6, 6.07) is 9.76. The molecule has 0 heterocycles. The standard InChI is InChI=1S/C14H11BrClNO3/c15-10-3-1-9(11(16)6-10)7-20-13-5-8(14(18)19)2-4-12(13)17/h1-6H,7,17H2,(H,18,19). The second-order valence-corrected chi connectivity index (χ2v) is 5.41. The molecule has 0 radical (unpaired) electrons. The summed E-state index contributed by atoms with van der Waals surface area (Å²) < 4.78 is 6.42. The number of benzene rings is 2. The Bertz CT molecular complexity index is 661. The molecule has 0 aliphatic carbocycles. The van der Waals surface area contributed by atoms with Crippen LogP contribution in [0.5, 0.6) is 5.75 Å². The van der Waals surface area contributed by atoms with Gasteiger partial charge in [-0.05, 0) is 30.3 Å². The SMILES string of the molecule is Nc1ccc(C(=O)O)cc1OCc1ccc(Br)cc1Cl. The third-order valence-corrected chi connectivity index (χ3v) is 3.50. The van der Waals surface area contributed by atoms with E-state index in [9.17, 15) is 4.79 Å². The van der Waals surface area contributed by atoms with Crippen molar-refractivity contribution in [3.63, 3.8) is 0 Å². The number of anilines is 1. The lowest BCUT2D eigenvalue weighted by molar-refractivity contribution is 0.0696. The molecule has 0 aliphatic rings. The minimum Gasteiger partial charge on any atom is -0.487 e. The molecular weight excluding hydrogens is 346 g/mol. The molecule has 0 spiro atoms. The van der Waals surface area contributed by atoms with E-state index in [1.807, 2.05) is 12.1 Å². The van der Waals surface area contributed by atoms with Crippen molar-refractivity contribution in [1.82, 2.24) is 0 Å². The molecule has 4 nitrogen and oxygen atoms in total. The van der Waals surface area contributed by atoms with Crippen molar-refractivity contribution in [3.8, 4) is 5.75 Å². The van der Waals surface area contributed by atoms with Crippen LogP contribution < -0.4 is 10.5 Å². The number of hydrogen-bond donors (Lipinski definition) is 2. The van der Waals surface area contributed by atoms with E-state index in [1.165, 1.54) is 18.2 Å². The van der Waals surface area contributed by atoms with Crippen LogP contribution >= 0.6 is 27.5 Å². The Kier molecular flexibility index (Phi) is 4.52. The van der Waals surface area contributed by atoms with Gasteiger partial charge in [-0.1, -0.05) is 33.6 Å². The Hall–Kier alpha value is -1.72. The molecule has 2 aromatic carbocycles. The third kappa shape index (κ3) is 3.43. The van der Waals surface area contributed by atoms with E-state index in [-0.39, 0.29) is 12.2 Å². The van der Waals surface area contributed by atoms with Crippen molar-refractivity contribution in [2.75, 3.05) is 5.73 Å². The van der Waals surface area contributed by atoms with Gasteiger partial charge in [-0.2, -0.15) is 0 Å². The van der Waals surface area contributed by atoms with Crippen molar-refractivity contribution in [3.05, 3.63) is 57.0 Å². The maximum Gasteiger partial charge on any atom is 0.335 e. The lowest BCUT2D eigenvalue weighted by Crippen LogP contribution is -2.02. The monoisotopic (exact) mass is 355 g/mol. The molecule has 104 valence electrons. The largest absolute Gasteiger partial charge is 0.487 e. The average molecular weight is 357 g/mol. The minimum atomic E-state index is -1.03. The van der Waals surface area contributed by atoms with Crippen molar-refractivity contribution in [2.24, 2.45) is 0 Å². The van der Waals surface area contributed by atoms with Crippen LogP contribution in [0.1, 0.15) is 15.9 Å². The van der Waals surface area contributed by atoms with Gasteiger partial charge in [-0.25, -0.2) is 4.79 Å². The first-order valence-corrected chi connectivity index (χ1v) is 6.84. The minimum absolute atomic E-state index is 0.121. The highest BCUT2D eigenvalue weighted by Gasteiger charge is 2.09. The molecule has 2 aromatic rings. The molecule has 0 saturated heterocycles. The van der Waals surface area contributed by atoms with Crippen LogP contribution in [-0.2, 0) is 6.61 Å². The number of aromatic carboxylic acids is 1. The van der Waals surface area contributed by atoms with Crippen LogP contribution in [-0.4, -0.2) is 11.1 Å². The molecule has 3 N–H and O–H groups in total. The smallest absolute Gasteiger partial charge is 0.335 e. The predicted octanol–water partition coefficient (Wildman–Crippen LogP) is 3.96. The van der Waals surface area contributed by atoms with Crippen molar-refractivity contribution < 1.29 is 14.6 Å². The van der Waals surface area contributed by atoms with Gasteiger partial charge in [-0.3, -0.25) is 0 Å². The van der Waals surface area contributed by atoms with Gasteiger partial charge >= 0.3 is 5.97 Å². The van der Waals surface area contributed by atoms with E-state index in [0.717, 1.165) is 10.0 Å². The molecule has 20 heavy (non-hydrogen) atoms. The number of carboxylic acids is 1. The van der Waals surface area contributed by atoms with E-state index >= 15 is 0 Å². The van der Waals surface area contributed by atoms with E-state index in [4.69, 9.17) is 27.2 Å². The van der Waals surface area contributed by atoms with E-state index in [1.54, 1.807) is 6.07 Å². The van der Waals surface area contributed by atoms with E-state index in [0.29, 0.717) is 16.5 Å². The van der Waals surface area contributed by atoms with Crippen LogP contribution in [0.4, 0.5) is 5.69 Å². The van der Waals surface area contributed by atoms with Crippen LogP contribution in [0.15, 0.2) is 40.9 Å². The number of hydrogen-bond acceptors (Lipinski definition) is 3. The van der Waals surface area contributed by atoms with Crippen LogP contribution in [0.2, 0.25) is 5.02 Å². The summed E-state index contributed by atoms with van der Waals surface area (Å²) in [5.41, 5.74) is 7.04. The first kappa shape index (κ1) is 14.7. The quantitative estimate of drug-likeness (QED) is 0.813. The van der Waals surface area contributed by atoms with Gasteiger partial charge in [0, 0.05) is 15.1 Å². The third-order valence-electron chi connectivity index (χ3n) is 2.66. The second-order valence-electron chi connectivity index (χ2n) is 4.08. The molecule has 0 bridgehead atoms. The Balaban J connectivity index is 2.18. The Labute approximate surface area is 129 Å². The number of rotatable bonds is 4. The number of nitrogens with two attached hydrogens (primary N) is 1. The Morgan fingerprint density at radius 2 is 2.05 bits per heavy atom. The van der Waals surface area contributed by atoms with Gasteiger partial charge in [0.1, 0.15) is 12.4 Å². The molecule has 0 saturated carbocycles. The topological polar surface area (TPSA) is 72.6 Å². The van der Waals surface area contributed by atoms with Crippen LogP contribution in [0.25, 0.3) is 0 Å². The fraction of sp³-hybridized carbons (Fsp3) is 0.0714. The Morgan fingerprint density at radius 1 is 1.30 bits per heavy atom. The number of halogens is 2. The Morgan fingerprint density at radius 3 is 2.70 bits per heavy atom. The first-order chi connectivity index (χ1) is 9.47. The van der Waals surface area contributed by atoms with Gasteiger partial charge in [-0.15, -0.1) is 0 Å². The fourth-order valence-corrected chi connectivity index (χ4v) is 2.31. The summed E-state index contributed by atoms with van der Waals surface area (Å²) in [5, 5.41) is 9.50. The number of nitrogen functional groups attached to an aromatic ring is 1. The zero-order valence-electron chi connectivity index (χ0n) is 10.3. The number of carboxylic acid groups (broad SMARTS) is 1. The maximum atomic E-state index is 10.9. The normalized spacial score (nSPS) is 10.3. The van der Waals surface area contributed by atoms with Gasteiger partial charge in [0.25, 0.3) is 0 Å². The van der Waals surface area contributed by atoms with Gasteiger partial charge in [0.2, 0.25) is 0 Å². The molecule has 0 atom stereocenters. The molecule has 0 aliphatic heterocycles. The summed E-state index contributed by atoms with van der Waals surface area (Å²) in [4.78, 5) is 10.9. The number of carbonyl (C=O) groups is 1. The molecule has 0 unspecified atom stereocenters. The van der Waals surface area contributed by atoms with Crippen molar-refractivity contribution in [2.45, 2.75) is 6.61 Å². The second kappa shape index (κ2) is 6.15. The van der Waals surface area contributed by atoms with E-state index < -0.39 is 5.97 Å². The van der Waals surface area contributed by atoms with E-state index in [2.05, 4.69) is 15.9 Å². The lowest BCUT2D eigenvalue weighted by Gasteiger charge is -2.11. The molecule has 0 amide bonds. The molecule has 2 rings (SSSR count). The molecule has 6 heteroatoms. The highest BCUT2D eigenvalue weighted by Crippen LogP contribution is 2.26. The highest BCUT2D eigenvalue weighted by molar-refractivity contribution is 9.10. The summed E-state index contributed by atoms with van der Waals surface area (Å²) in [6.45, 7) is 0.208. The van der Waals surface area contributed by atoms with Crippen molar-refractivity contribution >= 4 is 39.2 Å². The molecular formula is C14H11BrClNO3. The zero-order chi connectivity index (χ0) is 14.7. The van der Waals surface area contributed by atoms with Crippen LogP contribution in [0, 0.1) is 0 Å². The summed E-state index contributed by atoms with van der Waals surface area (Å²) in [5.74, 6) is -0.708.